The van der Waals surface area contributed by atoms with Gasteiger partial charge in [0.05, 0.1) is 6.54 Å². The third-order valence-electron chi connectivity index (χ3n) is 4.57. The van der Waals surface area contributed by atoms with E-state index in [1.54, 1.807) is 24.1 Å². The van der Waals surface area contributed by atoms with Gasteiger partial charge in [0.25, 0.3) is 0 Å². The van der Waals surface area contributed by atoms with Crippen LogP contribution in [0.15, 0.2) is 47.0 Å². The summed E-state index contributed by atoms with van der Waals surface area (Å²) in [6.07, 6.45) is 1.15. The van der Waals surface area contributed by atoms with Crippen LogP contribution in [0.3, 0.4) is 0 Å². The molecular formula is C21H22ClN3O2. The van der Waals surface area contributed by atoms with Crippen LogP contribution < -0.4 is 0 Å². The summed E-state index contributed by atoms with van der Waals surface area (Å²) in [5.74, 6) is 0.930. The van der Waals surface area contributed by atoms with Crippen molar-refractivity contribution in [2.24, 2.45) is 0 Å². The molecule has 0 aliphatic heterocycles. The van der Waals surface area contributed by atoms with Gasteiger partial charge in [-0.1, -0.05) is 35.0 Å². The van der Waals surface area contributed by atoms with Gasteiger partial charge in [0.2, 0.25) is 17.6 Å². The Morgan fingerprint density at radius 1 is 1.11 bits per heavy atom. The number of hydrogen-bond acceptors (Lipinski definition) is 4. The molecule has 2 aromatic carbocycles. The Labute approximate surface area is 164 Å². The van der Waals surface area contributed by atoms with E-state index in [0.29, 0.717) is 29.6 Å². The smallest absolute Gasteiger partial charge is 0.246 e. The highest BCUT2D eigenvalue weighted by molar-refractivity contribution is 6.30. The van der Waals surface area contributed by atoms with E-state index in [9.17, 15) is 4.79 Å². The first-order valence-corrected chi connectivity index (χ1v) is 9.19. The quantitative estimate of drug-likeness (QED) is 0.624. The molecule has 0 saturated heterocycles. The van der Waals surface area contributed by atoms with Crippen molar-refractivity contribution in [3.63, 3.8) is 0 Å². The molecule has 1 heterocycles. The summed E-state index contributed by atoms with van der Waals surface area (Å²) in [5, 5.41) is 4.62. The van der Waals surface area contributed by atoms with Crippen LogP contribution in [0.4, 0.5) is 0 Å². The number of aromatic nitrogens is 2. The van der Waals surface area contributed by atoms with Crippen molar-refractivity contribution in [2.45, 2.75) is 33.2 Å². The van der Waals surface area contributed by atoms with Crippen LogP contribution in [0.25, 0.3) is 11.4 Å². The maximum absolute atomic E-state index is 12.4. The summed E-state index contributed by atoms with van der Waals surface area (Å²) in [7, 11) is 1.74. The van der Waals surface area contributed by atoms with Crippen molar-refractivity contribution in [3.8, 4) is 11.4 Å². The molecule has 140 valence electrons. The summed E-state index contributed by atoms with van der Waals surface area (Å²) in [4.78, 5) is 18.4. The van der Waals surface area contributed by atoms with E-state index in [1.807, 2.05) is 12.1 Å². The maximum Gasteiger partial charge on any atom is 0.246 e. The number of amides is 1. The Bertz CT molecular complexity index is 935. The van der Waals surface area contributed by atoms with E-state index < -0.39 is 0 Å². The zero-order chi connectivity index (χ0) is 19.4. The second-order valence-electron chi connectivity index (χ2n) is 6.69. The van der Waals surface area contributed by atoms with Gasteiger partial charge in [0, 0.05) is 24.1 Å². The van der Waals surface area contributed by atoms with Gasteiger partial charge < -0.3 is 9.42 Å². The topological polar surface area (TPSA) is 59.2 Å². The first-order chi connectivity index (χ1) is 12.9. The third kappa shape index (κ3) is 4.95. The van der Waals surface area contributed by atoms with Crippen molar-refractivity contribution in [1.82, 2.24) is 15.0 Å². The molecule has 1 amide bonds. The molecule has 0 N–H and O–H groups in total. The van der Waals surface area contributed by atoms with Gasteiger partial charge in [-0.15, -0.1) is 0 Å². The van der Waals surface area contributed by atoms with E-state index in [4.69, 9.17) is 16.1 Å². The minimum atomic E-state index is 0.0412. The highest BCUT2D eigenvalue weighted by Gasteiger charge is 2.15. The number of nitrogens with zero attached hydrogens (tertiary/aromatic N) is 3. The predicted octanol–water partition coefficient (Wildman–Crippen LogP) is 4.60. The molecule has 0 saturated carbocycles. The molecule has 0 spiro atoms. The molecule has 0 atom stereocenters. The largest absolute Gasteiger partial charge is 0.337 e. The van der Waals surface area contributed by atoms with Gasteiger partial charge in [-0.2, -0.15) is 4.98 Å². The summed E-state index contributed by atoms with van der Waals surface area (Å²) < 4.78 is 5.27. The first-order valence-electron chi connectivity index (χ1n) is 8.81. The fraction of sp³-hybridized carbons (Fsp3) is 0.286. The van der Waals surface area contributed by atoms with Crippen LogP contribution in [0.2, 0.25) is 5.02 Å². The SMILES string of the molecule is Cc1ccc(CCC(=O)N(C)Cc2nc(-c3ccc(Cl)cc3)no2)cc1C. The Morgan fingerprint density at radius 3 is 2.56 bits per heavy atom. The molecule has 3 rings (SSSR count). The summed E-state index contributed by atoms with van der Waals surface area (Å²) >= 11 is 5.89. The van der Waals surface area contributed by atoms with Crippen LogP contribution in [0.1, 0.15) is 29.0 Å². The molecule has 0 aliphatic rings. The predicted molar refractivity (Wildman–Crippen MR) is 105 cm³/mol. The lowest BCUT2D eigenvalue weighted by molar-refractivity contribution is -0.130. The van der Waals surface area contributed by atoms with E-state index >= 15 is 0 Å². The molecule has 0 unspecified atom stereocenters. The number of carbonyl (C=O) groups is 1. The fourth-order valence-electron chi connectivity index (χ4n) is 2.73. The highest BCUT2D eigenvalue weighted by Crippen LogP contribution is 2.19. The van der Waals surface area contributed by atoms with Crippen molar-refractivity contribution in [2.75, 3.05) is 7.05 Å². The fourth-order valence-corrected chi connectivity index (χ4v) is 2.85. The van der Waals surface area contributed by atoms with Crippen molar-refractivity contribution >= 4 is 17.5 Å². The normalized spacial score (nSPS) is 10.8. The number of aryl methyl sites for hydroxylation is 3. The molecule has 0 radical (unpaired) electrons. The number of hydrogen-bond donors (Lipinski definition) is 0. The van der Waals surface area contributed by atoms with Crippen LogP contribution in [0, 0.1) is 13.8 Å². The molecule has 6 heteroatoms. The Balaban J connectivity index is 1.56. The first kappa shape index (κ1) is 19.1. The Morgan fingerprint density at radius 2 is 1.85 bits per heavy atom. The van der Waals surface area contributed by atoms with Crippen LogP contribution in [-0.2, 0) is 17.8 Å². The minimum absolute atomic E-state index is 0.0412. The zero-order valence-electron chi connectivity index (χ0n) is 15.7. The number of rotatable bonds is 6. The lowest BCUT2D eigenvalue weighted by atomic mass is 10.0. The van der Waals surface area contributed by atoms with E-state index in [1.165, 1.54) is 16.7 Å². The number of halogens is 1. The van der Waals surface area contributed by atoms with Gasteiger partial charge in [-0.05, 0) is 61.2 Å². The average molecular weight is 384 g/mol. The lowest BCUT2D eigenvalue weighted by Crippen LogP contribution is -2.26. The van der Waals surface area contributed by atoms with Crippen molar-refractivity contribution < 1.29 is 9.32 Å². The molecule has 0 aliphatic carbocycles. The van der Waals surface area contributed by atoms with Crippen LogP contribution >= 0.6 is 11.6 Å². The van der Waals surface area contributed by atoms with Crippen LogP contribution in [-0.4, -0.2) is 28.0 Å². The van der Waals surface area contributed by atoms with Crippen molar-refractivity contribution in [3.05, 3.63) is 70.1 Å². The summed E-state index contributed by atoms with van der Waals surface area (Å²) in [5.41, 5.74) is 4.49. The molecular weight excluding hydrogens is 362 g/mol. The number of carbonyl (C=O) groups excluding carboxylic acids is 1. The average Bonchev–Trinajstić information content (AvgIpc) is 3.11. The summed E-state index contributed by atoms with van der Waals surface area (Å²) in [6.45, 7) is 4.45. The second-order valence-corrected chi connectivity index (χ2v) is 7.12. The number of benzene rings is 2. The Hall–Kier alpha value is -2.66. The molecule has 5 nitrogen and oxygen atoms in total. The maximum atomic E-state index is 12.4. The monoisotopic (exact) mass is 383 g/mol. The minimum Gasteiger partial charge on any atom is -0.337 e. The van der Waals surface area contributed by atoms with Gasteiger partial charge >= 0.3 is 0 Å². The molecule has 27 heavy (non-hydrogen) atoms. The van der Waals surface area contributed by atoms with Gasteiger partial charge in [-0.25, -0.2) is 0 Å². The third-order valence-corrected chi connectivity index (χ3v) is 4.82. The van der Waals surface area contributed by atoms with Gasteiger partial charge in [0.15, 0.2) is 0 Å². The highest BCUT2D eigenvalue weighted by atomic mass is 35.5. The summed E-state index contributed by atoms with van der Waals surface area (Å²) in [6, 6.07) is 13.5. The van der Waals surface area contributed by atoms with Gasteiger partial charge in [0.1, 0.15) is 0 Å². The zero-order valence-corrected chi connectivity index (χ0v) is 16.5. The standard InChI is InChI=1S/C21H22ClN3O2/c1-14-4-5-16(12-15(14)2)6-11-20(26)25(3)13-19-23-21(24-27-19)17-7-9-18(22)10-8-17/h4-5,7-10,12H,6,11,13H2,1-3H3. The Kier molecular flexibility index (Phi) is 5.91. The molecule has 1 aromatic heterocycles. The van der Waals surface area contributed by atoms with E-state index in [0.717, 1.165) is 5.56 Å². The lowest BCUT2D eigenvalue weighted by Gasteiger charge is -2.14. The molecule has 0 fully saturated rings. The van der Waals surface area contributed by atoms with E-state index in [-0.39, 0.29) is 12.5 Å². The van der Waals surface area contributed by atoms with Gasteiger partial charge in [-0.3, -0.25) is 4.79 Å². The second kappa shape index (κ2) is 8.35. The van der Waals surface area contributed by atoms with Crippen molar-refractivity contribution in [1.29, 1.82) is 0 Å². The molecule has 3 aromatic rings. The molecule has 0 bridgehead atoms. The van der Waals surface area contributed by atoms with Crippen LogP contribution in [0.5, 0.6) is 0 Å². The van der Waals surface area contributed by atoms with E-state index in [2.05, 4.69) is 42.2 Å².